The number of hydrogen-bond donors (Lipinski definition) is 3. The number of sulfonamides is 1. The molecule has 0 spiro atoms. The van der Waals surface area contributed by atoms with E-state index in [0.717, 1.165) is 30.0 Å². The van der Waals surface area contributed by atoms with Crippen molar-refractivity contribution in [2.24, 2.45) is 0 Å². The molecule has 7 nitrogen and oxygen atoms in total. The number of benzene rings is 1. The molecule has 0 bridgehead atoms. The Morgan fingerprint density at radius 1 is 1.22 bits per heavy atom. The zero-order valence-corrected chi connectivity index (χ0v) is 24.2. The molecule has 0 fully saturated rings. The Morgan fingerprint density at radius 2 is 1.83 bits per heavy atom. The average molecular weight is 564 g/mol. The van der Waals surface area contributed by atoms with Gasteiger partial charge in [0.05, 0.1) is 16.1 Å². The molecule has 0 aromatic heterocycles. The van der Waals surface area contributed by atoms with Gasteiger partial charge in [0.15, 0.2) is 0 Å². The zero-order chi connectivity index (χ0) is 27.5. The highest BCUT2D eigenvalue weighted by Gasteiger charge is 2.29. The van der Waals surface area contributed by atoms with Crippen LogP contribution >= 0.6 is 23.2 Å². The second-order valence-electron chi connectivity index (χ2n) is 9.53. The van der Waals surface area contributed by atoms with Gasteiger partial charge in [-0.3, -0.25) is 4.79 Å². The predicted molar refractivity (Wildman–Crippen MR) is 147 cm³/mol. The maximum absolute atomic E-state index is 13.1. The van der Waals surface area contributed by atoms with E-state index in [4.69, 9.17) is 28.3 Å². The van der Waals surface area contributed by atoms with E-state index in [-0.39, 0.29) is 46.4 Å². The van der Waals surface area contributed by atoms with E-state index in [1.807, 2.05) is 13.0 Å². The first-order valence-electron chi connectivity index (χ1n) is 12.1. The fourth-order valence-corrected chi connectivity index (χ4v) is 6.22. The standard InChI is InChI=1S/C26H40Cl2N2O5S/c1-6-9-19(10-7-2)11-8-14-26(3,4)29-17-21(31)18-30(5)36(34,35)25-22(27)15-20(16-23(25)28)12-13-24(32)33/h6,9-10,15-16,21,29,31H,7-8,11-14,17-18H2,1-5H3,(H,32,33)/b9-6-,19-10+. The third-order valence-electron chi connectivity index (χ3n) is 5.75. The molecule has 0 aliphatic heterocycles. The molecule has 36 heavy (non-hydrogen) atoms. The van der Waals surface area contributed by atoms with Crippen molar-refractivity contribution in [1.29, 1.82) is 0 Å². The predicted octanol–water partition coefficient (Wildman–Crippen LogP) is 5.44. The van der Waals surface area contributed by atoms with Crippen LogP contribution in [0, 0.1) is 0 Å². The van der Waals surface area contributed by atoms with Crippen LogP contribution in [-0.4, -0.2) is 60.7 Å². The Labute approximate surface area is 226 Å². The van der Waals surface area contributed by atoms with E-state index >= 15 is 0 Å². The minimum Gasteiger partial charge on any atom is -0.481 e. The van der Waals surface area contributed by atoms with Gasteiger partial charge in [0.25, 0.3) is 0 Å². The lowest BCUT2D eigenvalue weighted by Gasteiger charge is -2.29. The minimum atomic E-state index is -4.08. The summed E-state index contributed by atoms with van der Waals surface area (Å²) in [5, 5.41) is 22.6. The molecule has 204 valence electrons. The van der Waals surface area contributed by atoms with E-state index in [1.54, 1.807) is 0 Å². The van der Waals surface area contributed by atoms with E-state index in [9.17, 15) is 18.3 Å². The molecule has 1 aromatic rings. The summed E-state index contributed by atoms with van der Waals surface area (Å²) in [6, 6.07) is 2.82. The summed E-state index contributed by atoms with van der Waals surface area (Å²) in [6.07, 6.45) is 9.35. The van der Waals surface area contributed by atoms with Crippen LogP contribution in [-0.2, 0) is 21.2 Å². The summed E-state index contributed by atoms with van der Waals surface area (Å²) in [6.45, 7) is 8.31. The van der Waals surface area contributed by atoms with Crippen LogP contribution in [0.25, 0.3) is 0 Å². The van der Waals surface area contributed by atoms with Gasteiger partial charge in [0, 0.05) is 32.1 Å². The molecule has 1 unspecified atom stereocenters. The van der Waals surface area contributed by atoms with Gasteiger partial charge in [-0.2, -0.15) is 4.31 Å². The van der Waals surface area contributed by atoms with Crippen LogP contribution in [0.3, 0.4) is 0 Å². The van der Waals surface area contributed by atoms with E-state index < -0.39 is 22.1 Å². The molecular formula is C26H40Cl2N2O5S. The summed E-state index contributed by atoms with van der Waals surface area (Å²) in [5.41, 5.74) is 1.61. The maximum atomic E-state index is 13.1. The number of allylic oxidation sites excluding steroid dienone is 4. The summed E-state index contributed by atoms with van der Waals surface area (Å²) in [4.78, 5) is 10.5. The van der Waals surface area contributed by atoms with Crippen molar-refractivity contribution in [3.05, 3.63) is 51.5 Å². The number of aliphatic carboxylic acids is 1. The highest BCUT2D eigenvalue weighted by Crippen LogP contribution is 2.33. The van der Waals surface area contributed by atoms with Crippen molar-refractivity contribution in [3.63, 3.8) is 0 Å². The molecule has 0 radical (unpaired) electrons. The summed E-state index contributed by atoms with van der Waals surface area (Å²) >= 11 is 12.5. The van der Waals surface area contributed by atoms with Gasteiger partial charge in [0.1, 0.15) is 4.90 Å². The average Bonchev–Trinajstić information content (AvgIpc) is 2.76. The lowest BCUT2D eigenvalue weighted by molar-refractivity contribution is -0.136. The normalized spacial score (nSPS) is 14.1. The zero-order valence-electron chi connectivity index (χ0n) is 21.9. The number of carbonyl (C=O) groups is 1. The fraction of sp³-hybridized carbons (Fsp3) is 0.577. The van der Waals surface area contributed by atoms with Gasteiger partial charge in [-0.25, -0.2) is 8.42 Å². The largest absolute Gasteiger partial charge is 0.481 e. The highest BCUT2D eigenvalue weighted by molar-refractivity contribution is 7.89. The molecule has 1 atom stereocenters. The number of β-amino-alcohol motifs (C(OH)–C–C–N with tert-alkyl or cyclic N) is 1. The van der Waals surface area contributed by atoms with Crippen molar-refractivity contribution in [1.82, 2.24) is 9.62 Å². The van der Waals surface area contributed by atoms with Crippen LogP contribution in [0.15, 0.2) is 40.8 Å². The Hall–Kier alpha value is -1.42. The van der Waals surface area contributed by atoms with Crippen LogP contribution in [0.4, 0.5) is 0 Å². The number of nitrogens with zero attached hydrogens (tertiary/aromatic N) is 1. The second-order valence-corrected chi connectivity index (χ2v) is 12.3. The van der Waals surface area contributed by atoms with Crippen LogP contribution in [0.2, 0.25) is 10.0 Å². The van der Waals surface area contributed by atoms with E-state index in [0.29, 0.717) is 5.56 Å². The number of aliphatic hydroxyl groups is 1. The lowest BCUT2D eigenvalue weighted by atomic mass is 9.95. The molecule has 3 N–H and O–H groups in total. The van der Waals surface area contributed by atoms with Gasteiger partial charge in [-0.1, -0.05) is 53.9 Å². The summed E-state index contributed by atoms with van der Waals surface area (Å²) < 4.78 is 27.3. The quantitative estimate of drug-likeness (QED) is 0.231. The monoisotopic (exact) mass is 562 g/mol. The van der Waals surface area contributed by atoms with Crippen molar-refractivity contribution < 1.29 is 23.4 Å². The first-order valence-corrected chi connectivity index (χ1v) is 14.3. The van der Waals surface area contributed by atoms with E-state index in [1.165, 1.54) is 24.8 Å². The first-order chi connectivity index (χ1) is 16.7. The molecule has 0 saturated carbocycles. The van der Waals surface area contributed by atoms with Crippen molar-refractivity contribution >= 4 is 39.2 Å². The molecule has 10 heteroatoms. The number of aliphatic hydroxyl groups excluding tert-OH is 1. The second kappa shape index (κ2) is 15.1. The smallest absolute Gasteiger partial charge is 0.303 e. The Kier molecular flexibility index (Phi) is 13.7. The Balaban J connectivity index is 2.74. The van der Waals surface area contributed by atoms with E-state index in [2.05, 4.69) is 38.2 Å². The molecule has 0 aliphatic carbocycles. The number of rotatable bonds is 16. The summed E-state index contributed by atoms with van der Waals surface area (Å²) in [5.74, 6) is -0.976. The number of hydrogen-bond acceptors (Lipinski definition) is 5. The number of aryl methyl sites for hydroxylation is 1. The Bertz CT molecular complexity index is 1020. The number of carboxylic acid groups (broad SMARTS) is 1. The summed E-state index contributed by atoms with van der Waals surface area (Å²) in [7, 11) is -2.72. The van der Waals surface area contributed by atoms with Crippen molar-refractivity contribution in [3.8, 4) is 0 Å². The molecule has 0 saturated heterocycles. The molecule has 0 aliphatic rings. The SMILES string of the molecule is C/C=C\C(=C/CC)CCCC(C)(C)NCC(O)CN(C)S(=O)(=O)c1c(Cl)cc(CCC(=O)O)cc1Cl. The maximum Gasteiger partial charge on any atom is 0.303 e. The number of halogens is 2. The van der Waals surface area contributed by atoms with Crippen LogP contribution in [0.5, 0.6) is 0 Å². The van der Waals surface area contributed by atoms with Gasteiger partial charge in [-0.15, -0.1) is 0 Å². The Morgan fingerprint density at radius 3 is 2.36 bits per heavy atom. The van der Waals surface area contributed by atoms with Crippen molar-refractivity contribution in [2.75, 3.05) is 20.1 Å². The van der Waals surface area contributed by atoms with Gasteiger partial charge in [0.2, 0.25) is 10.0 Å². The van der Waals surface area contributed by atoms with Gasteiger partial charge >= 0.3 is 5.97 Å². The fourth-order valence-electron chi connectivity index (χ4n) is 3.82. The number of likely N-dealkylation sites (N-methyl/N-ethyl adjacent to an activating group) is 1. The lowest BCUT2D eigenvalue weighted by Crippen LogP contribution is -2.46. The minimum absolute atomic E-state index is 0.0853. The molecule has 1 aromatic carbocycles. The molecular weight excluding hydrogens is 523 g/mol. The third kappa shape index (κ3) is 10.9. The third-order valence-corrected chi connectivity index (χ3v) is 8.50. The number of carboxylic acids is 1. The first kappa shape index (κ1) is 32.6. The van der Waals surface area contributed by atoms with Crippen LogP contribution in [0.1, 0.15) is 65.4 Å². The van der Waals surface area contributed by atoms with Gasteiger partial charge < -0.3 is 15.5 Å². The molecule has 1 rings (SSSR count). The molecule has 0 heterocycles. The molecule has 0 amide bonds. The highest BCUT2D eigenvalue weighted by atomic mass is 35.5. The van der Waals surface area contributed by atoms with Crippen molar-refractivity contribution in [2.45, 2.75) is 82.8 Å². The number of nitrogens with one attached hydrogen (secondary N) is 1. The van der Waals surface area contributed by atoms with Gasteiger partial charge in [-0.05, 0) is 70.6 Å². The topological polar surface area (TPSA) is 107 Å². The van der Waals surface area contributed by atoms with Crippen LogP contribution < -0.4 is 5.32 Å².